The van der Waals surface area contributed by atoms with Crippen molar-refractivity contribution in [3.05, 3.63) is 29.1 Å². The maximum Gasteiger partial charge on any atom is 0.266 e. The molecule has 134 valence electrons. The Balaban J connectivity index is 1.58. The maximum absolute atomic E-state index is 12.5. The highest BCUT2D eigenvalue weighted by atomic mass is 32.2. The third kappa shape index (κ3) is 4.30. The molecule has 9 heteroatoms. The molecule has 2 aliphatic rings. The van der Waals surface area contributed by atoms with E-state index >= 15 is 0 Å². The highest BCUT2D eigenvalue weighted by Crippen LogP contribution is 2.32. The van der Waals surface area contributed by atoms with Gasteiger partial charge in [-0.1, -0.05) is 24.0 Å². The van der Waals surface area contributed by atoms with Gasteiger partial charge >= 0.3 is 0 Å². The lowest BCUT2D eigenvalue weighted by molar-refractivity contribution is -0.136. The highest BCUT2D eigenvalue weighted by Gasteiger charge is 2.35. The minimum Gasteiger partial charge on any atom is -0.465 e. The Bertz CT molecular complexity index is 682. The predicted molar refractivity (Wildman–Crippen MR) is 98.7 cm³/mol. The molecule has 0 saturated carbocycles. The first-order chi connectivity index (χ1) is 12.1. The number of hydrogen-bond acceptors (Lipinski definition) is 7. The van der Waals surface area contributed by atoms with Gasteiger partial charge < -0.3 is 14.4 Å². The molecule has 0 bridgehead atoms. The van der Waals surface area contributed by atoms with Crippen molar-refractivity contribution in [2.75, 3.05) is 45.9 Å². The molecule has 2 amide bonds. The van der Waals surface area contributed by atoms with Crippen LogP contribution in [-0.4, -0.2) is 81.8 Å². The van der Waals surface area contributed by atoms with Crippen molar-refractivity contribution in [2.45, 2.75) is 0 Å². The summed E-state index contributed by atoms with van der Waals surface area (Å²) in [4.78, 5) is 30.6. The van der Waals surface area contributed by atoms with Gasteiger partial charge in [-0.3, -0.25) is 19.4 Å². The van der Waals surface area contributed by atoms with Crippen LogP contribution >= 0.6 is 24.0 Å². The summed E-state index contributed by atoms with van der Waals surface area (Å²) in [6.45, 7) is 3.33. The Morgan fingerprint density at radius 3 is 2.76 bits per heavy atom. The average Bonchev–Trinajstić information content (AvgIpc) is 3.20. The van der Waals surface area contributed by atoms with E-state index in [0.29, 0.717) is 34.6 Å². The van der Waals surface area contributed by atoms with Crippen molar-refractivity contribution in [3.63, 3.8) is 0 Å². The smallest absolute Gasteiger partial charge is 0.266 e. The highest BCUT2D eigenvalue weighted by molar-refractivity contribution is 8.26. The molecule has 2 aliphatic heterocycles. The zero-order valence-electron chi connectivity index (χ0n) is 13.6. The van der Waals surface area contributed by atoms with Gasteiger partial charge in [0.05, 0.1) is 17.8 Å². The van der Waals surface area contributed by atoms with Gasteiger partial charge in [-0.15, -0.1) is 0 Å². The van der Waals surface area contributed by atoms with Crippen molar-refractivity contribution in [3.8, 4) is 0 Å². The molecule has 7 nitrogen and oxygen atoms in total. The van der Waals surface area contributed by atoms with Crippen LogP contribution in [0.3, 0.4) is 0 Å². The summed E-state index contributed by atoms with van der Waals surface area (Å²) in [5.41, 5.74) is 0. The molecule has 1 aromatic rings. The minimum absolute atomic E-state index is 0.0415. The molecule has 3 heterocycles. The number of furan rings is 1. The number of thioether (sulfide) groups is 1. The van der Waals surface area contributed by atoms with E-state index in [9.17, 15) is 9.59 Å². The number of rotatable bonds is 5. The average molecular weight is 381 g/mol. The summed E-state index contributed by atoms with van der Waals surface area (Å²) >= 11 is 6.43. The fraction of sp³-hybridized carbons (Fsp3) is 0.438. The molecule has 25 heavy (non-hydrogen) atoms. The van der Waals surface area contributed by atoms with Gasteiger partial charge in [0.2, 0.25) is 5.91 Å². The molecule has 1 N–H and O–H groups in total. The van der Waals surface area contributed by atoms with E-state index in [-0.39, 0.29) is 25.0 Å². The summed E-state index contributed by atoms with van der Waals surface area (Å²) in [5.74, 6) is 0.199. The van der Waals surface area contributed by atoms with Crippen molar-refractivity contribution >= 4 is 46.2 Å². The molecule has 1 aromatic heterocycles. The first kappa shape index (κ1) is 18.1. The number of aliphatic hydroxyl groups is 1. The van der Waals surface area contributed by atoms with Crippen LogP contribution in [0.2, 0.25) is 0 Å². The van der Waals surface area contributed by atoms with Gasteiger partial charge in [-0.25, -0.2) is 0 Å². The Morgan fingerprint density at radius 1 is 1.36 bits per heavy atom. The van der Waals surface area contributed by atoms with Gasteiger partial charge in [0.25, 0.3) is 5.91 Å². The lowest BCUT2D eigenvalue weighted by atomic mass is 10.3. The molecule has 0 atom stereocenters. The third-order valence-electron chi connectivity index (χ3n) is 4.12. The molecule has 3 rings (SSSR count). The molecular formula is C16H19N3O4S2. The normalized spacial score (nSPS) is 20.8. The molecule has 2 saturated heterocycles. The largest absolute Gasteiger partial charge is 0.465 e. The second-order valence-electron chi connectivity index (χ2n) is 5.73. The van der Waals surface area contributed by atoms with Crippen LogP contribution in [0.4, 0.5) is 0 Å². The Morgan fingerprint density at radius 2 is 2.12 bits per heavy atom. The van der Waals surface area contributed by atoms with E-state index < -0.39 is 0 Å². The quantitative estimate of drug-likeness (QED) is 0.592. The lowest BCUT2D eigenvalue weighted by Crippen LogP contribution is -2.52. The van der Waals surface area contributed by atoms with Crippen molar-refractivity contribution in [2.24, 2.45) is 0 Å². The van der Waals surface area contributed by atoms with Crippen LogP contribution in [0.15, 0.2) is 27.7 Å². The van der Waals surface area contributed by atoms with Gasteiger partial charge in [0.1, 0.15) is 16.6 Å². The summed E-state index contributed by atoms with van der Waals surface area (Å²) in [7, 11) is 0. The molecule has 0 aromatic carbocycles. The van der Waals surface area contributed by atoms with Crippen LogP contribution in [0, 0.1) is 0 Å². The number of carbonyl (C=O) groups excluding carboxylic acids is 2. The third-order valence-corrected chi connectivity index (χ3v) is 5.50. The Labute approximate surface area is 155 Å². The van der Waals surface area contributed by atoms with Gasteiger partial charge in [-0.2, -0.15) is 0 Å². The zero-order chi connectivity index (χ0) is 17.8. The van der Waals surface area contributed by atoms with Crippen molar-refractivity contribution in [1.29, 1.82) is 0 Å². The first-order valence-electron chi connectivity index (χ1n) is 7.98. The number of aliphatic hydroxyl groups excluding tert-OH is 1. The number of nitrogens with zero attached hydrogens (tertiary/aromatic N) is 3. The molecule has 0 aliphatic carbocycles. The zero-order valence-corrected chi connectivity index (χ0v) is 15.2. The van der Waals surface area contributed by atoms with Crippen LogP contribution < -0.4 is 0 Å². The lowest BCUT2D eigenvalue weighted by Gasteiger charge is -2.35. The van der Waals surface area contributed by atoms with E-state index in [4.69, 9.17) is 21.7 Å². The summed E-state index contributed by atoms with van der Waals surface area (Å²) in [6, 6.07) is 3.50. The van der Waals surface area contributed by atoms with Crippen LogP contribution in [0.5, 0.6) is 0 Å². The number of β-amino-alcohol motifs (C(OH)–C–C–N with tert-alkyl or cyclic N) is 1. The summed E-state index contributed by atoms with van der Waals surface area (Å²) < 4.78 is 5.60. The van der Waals surface area contributed by atoms with E-state index in [2.05, 4.69) is 4.90 Å². The monoisotopic (exact) mass is 381 g/mol. The number of piperazine rings is 1. The molecule has 2 fully saturated rings. The van der Waals surface area contributed by atoms with Crippen molar-refractivity contribution < 1.29 is 19.1 Å². The number of thiocarbonyl (C=S) groups is 1. The fourth-order valence-corrected chi connectivity index (χ4v) is 3.97. The second-order valence-corrected chi connectivity index (χ2v) is 7.41. The van der Waals surface area contributed by atoms with E-state index in [0.717, 1.165) is 13.1 Å². The summed E-state index contributed by atoms with van der Waals surface area (Å²) in [6.07, 6.45) is 3.17. The number of amides is 2. The van der Waals surface area contributed by atoms with E-state index in [1.165, 1.54) is 22.9 Å². The van der Waals surface area contributed by atoms with Gasteiger partial charge in [-0.05, 0) is 12.1 Å². The molecular weight excluding hydrogens is 362 g/mol. The topological polar surface area (TPSA) is 77.2 Å². The van der Waals surface area contributed by atoms with Crippen LogP contribution in [-0.2, 0) is 9.59 Å². The minimum atomic E-state index is -0.265. The summed E-state index contributed by atoms with van der Waals surface area (Å²) in [5, 5.41) is 8.96. The van der Waals surface area contributed by atoms with Gasteiger partial charge in [0.15, 0.2) is 0 Å². The second kappa shape index (κ2) is 8.13. The van der Waals surface area contributed by atoms with Crippen LogP contribution in [0.1, 0.15) is 5.76 Å². The standard InChI is InChI=1S/C16H19N3O4S2/c20-8-7-17-3-5-18(6-4-17)14(21)11-19-15(22)13(25-16(19)24)10-12-2-1-9-23-12/h1-2,9-10,20H,3-8,11H2. The Hall–Kier alpha value is -1.68. The predicted octanol–water partition coefficient (Wildman–Crippen LogP) is 0.617. The SMILES string of the molecule is O=C(CN1C(=O)C(=Cc2ccco2)SC1=S)N1CCN(CCO)CC1. The van der Waals surface area contributed by atoms with Crippen molar-refractivity contribution in [1.82, 2.24) is 14.7 Å². The maximum atomic E-state index is 12.5. The number of carbonyl (C=O) groups is 2. The molecule has 0 spiro atoms. The van der Waals surface area contributed by atoms with Crippen LogP contribution in [0.25, 0.3) is 6.08 Å². The first-order valence-corrected chi connectivity index (χ1v) is 9.21. The Kier molecular flexibility index (Phi) is 5.89. The van der Waals surface area contributed by atoms with Gasteiger partial charge in [0, 0.05) is 38.8 Å². The van der Waals surface area contributed by atoms with E-state index in [1.807, 2.05) is 0 Å². The molecule has 0 radical (unpaired) electrons. The number of hydrogen-bond donors (Lipinski definition) is 1. The fourth-order valence-electron chi connectivity index (χ4n) is 2.74. The van der Waals surface area contributed by atoms with E-state index in [1.54, 1.807) is 23.1 Å². The molecule has 0 unspecified atom stereocenters.